The summed E-state index contributed by atoms with van der Waals surface area (Å²) in [6, 6.07) is 7.66. The molecule has 0 aliphatic carbocycles. The van der Waals surface area contributed by atoms with E-state index in [-0.39, 0.29) is 5.02 Å². The standard InChI is InChI=1S/C15H12Cl4N2O2/c1-7(23-14-3-2-8(16)4-11(14)19)15(22)21-13-6-9(17)12(20)5-10(13)18/h2-7H,20H2,1H3,(H,21,22). The quantitative estimate of drug-likeness (QED) is 0.693. The number of rotatable bonds is 4. The van der Waals surface area contributed by atoms with Crippen LogP contribution < -0.4 is 15.8 Å². The molecule has 0 saturated heterocycles. The molecule has 0 radical (unpaired) electrons. The molecule has 23 heavy (non-hydrogen) atoms. The van der Waals surface area contributed by atoms with Crippen molar-refractivity contribution in [3.05, 3.63) is 50.4 Å². The maximum absolute atomic E-state index is 12.2. The first-order valence-corrected chi connectivity index (χ1v) is 7.96. The molecule has 1 atom stereocenters. The van der Waals surface area contributed by atoms with Crippen LogP contribution in [0, 0.1) is 0 Å². The highest BCUT2D eigenvalue weighted by molar-refractivity contribution is 6.37. The molecule has 2 aromatic carbocycles. The SMILES string of the molecule is CC(Oc1ccc(Cl)cc1Cl)C(=O)Nc1cc(Cl)c(N)cc1Cl. The van der Waals surface area contributed by atoms with Crippen molar-refractivity contribution >= 4 is 63.7 Å². The van der Waals surface area contributed by atoms with Gasteiger partial charge in [-0.05, 0) is 37.3 Å². The van der Waals surface area contributed by atoms with E-state index in [1.807, 2.05) is 0 Å². The summed E-state index contributed by atoms with van der Waals surface area (Å²) in [6.07, 6.45) is -0.818. The van der Waals surface area contributed by atoms with E-state index in [4.69, 9.17) is 56.9 Å². The van der Waals surface area contributed by atoms with Gasteiger partial charge in [0.05, 0.1) is 26.4 Å². The fraction of sp³-hybridized carbons (Fsp3) is 0.133. The molecule has 0 spiro atoms. The molecule has 4 nitrogen and oxygen atoms in total. The van der Waals surface area contributed by atoms with Gasteiger partial charge in [0.15, 0.2) is 6.10 Å². The summed E-state index contributed by atoms with van der Waals surface area (Å²) < 4.78 is 5.52. The van der Waals surface area contributed by atoms with E-state index in [1.54, 1.807) is 19.1 Å². The Balaban J connectivity index is 2.10. The Morgan fingerprint density at radius 1 is 1.09 bits per heavy atom. The van der Waals surface area contributed by atoms with Gasteiger partial charge in [-0.3, -0.25) is 4.79 Å². The molecule has 2 aromatic rings. The molecule has 8 heteroatoms. The van der Waals surface area contributed by atoms with Gasteiger partial charge < -0.3 is 15.8 Å². The second-order valence-electron chi connectivity index (χ2n) is 4.68. The van der Waals surface area contributed by atoms with Crippen molar-refractivity contribution in [1.29, 1.82) is 0 Å². The lowest BCUT2D eigenvalue weighted by Gasteiger charge is -2.16. The molecule has 0 aromatic heterocycles. The predicted octanol–water partition coefficient (Wildman–Crippen LogP) is 5.29. The maximum Gasteiger partial charge on any atom is 0.265 e. The topological polar surface area (TPSA) is 64.3 Å². The van der Waals surface area contributed by atoms with E-state index in [0.29, 0.717) is 32.2 Å². The van der Waals surface area contributed by atoms with Gasteiger partial charge in [0.1, 0.15) is 5.75 Å². The zero-order valence-electron chi connectivity index (χ0n) is 11.9. The van der Waals surface area contributed by atoms with Gasteiger partial charge >= 0.3 is 0 Å². The van der Waals surface area contributed by atoms with Crippen LogP contribution in [0.1, 0.15) is 6.92 Å². The van der Waals surface area contributed by atoms with Crippen LogP contribution >= 0.6 is 46.4 Å². The number of nitrogens with two attached hydrogens (primary N) is 1. The second-order valence-corrected chi connectivity index (χ2v) is 6.34. The van der Waals surface area contributed by atoms with Gasteiger partial charge in [-0.1, -0.05) is 46.4 Å². The fourth-order valence-corrected chi connectivity index (χ4v) is 2.54. The van der Waals surface area contributed by atoms with E-state index >= 15 is 0 Å². The first kappa shape index (κ1) is 18.0. The average Bonchev–Trinajstić information content (AvgIpc) is 2.47. The number of benzene rings is 2. The predicted molar refractivity (Wildman–Crippen MR) is 96.1 cm³/mol. The summed E-state index contributed by atoms with van der Waals surface area (Å²) in [4.78, 5) is 12.2. The van der Waals surface area contributed by atoms with Crippen LogP contribution in [0.3, 0.4) is 0 Å². The Hall–Kier alpha value is -1.33. The number of hydrogen-bond donors (Lipinski definition) is 2. The van der Waals surface area contributed by atoms with Gasteiger partial charge in [-0.15, -0.1) is 0 Å². The molecule has 0 heterocycles. The highest BCUT2D eigenvalue weighted by Gasteiger charge is 2.18. The van der Waals surface area contributed by atoms with Crippen molar-refractivity contribution in [2.75, 3.05) is 11.1 Å². The average molecular weight is 394 g/mol. The summed E-state index contributed by atoms with van der Waals surface area (Å²) in [5.74, 6) is -0.0705. The summed E-state index contributed by atoms with van der Waals surface area (Å²) in [5, 5.41) is 3.98. The monoisotopic (exact) mass is 392 g/mol. The molecular formula is C15H12Cl4N2O2. The summed E-state index contributed by atoms with van der Waals surface area (Å²) in [6.45, 7) is 1.58. The molecule has 2 rings (SSSR count). The number of carbonyl (C=O) groups excluding carboxylic acids is 1. The van der Waals surface area contributed by atoms with Crippen molar-refractivity contribution in [3.8, 4) is 5.75 Å². The molecule has 0 bridgehead atoms. The number of ether oxygens (including phenoxy) is 1. The van der Waals surface area contributed by atoms with Crippen LogP contribution in [-0.4, -0.2) is 12.0 Å². The Bertz CT molecular complexity index is 752. The molecule has 0 aliphatic rings. The zero-order valence-corrected chi connectivity index (χ0v) is 14.9. The number of hydrogen-bond acceptors (Lipinski definition) is 3. The van der Waals surface area contributed by atoms with E-state index in [9.17, 15) is 4.79 Å². The van der Waals surface area contributed by atoms with Gasteiger partial charge in [-0.25, -0.2) is 0 Å². The van der Waals surface area contributed by atoms with Gasteiger partial charge in [0.2, 0.25) is 0 Å². The van der Waals surface area contributed by atoms with Crippen molar-refractivity contribution in [2.24, 2.45) is 0 Å². The Labute approximate surface area is 153 Å². The number of carbonyl (C=O) groups is 1. The lowest BCUT2D eigenvalue weighted by molar-refractivity contribution is -0.122. The zero-order chi connectivity index (χ0) is 17.1. The van der Waals surface area contributed by atoms with E-state index in [1.165, 1.54) is 18.2 Å². The molecular weight excluding hydrogens is 382 g/mol. The minimum atomic E-state index is -0.818. The molecule has 122 valence electrons. The minimum absolute atomic E-state index is 0.275. The minimum Gasteiger partial charge on any atom is -0.479 e. The molecule has 1 unspecified atom stereocenters. The molecule has 1 amide bonds. The molecule has 0 aliphatic heterocycles. The Morgan fingerprint density at radius 3 is 2.43 bits per heavy atom. The third kappa shape index (κ3) is 4.58. The summed E-state index contributed by atoms with van der Waals surface area (Å²) in [5.41, 5.74) is 6.30. The Kier molecular flexibility index (Phi) is 5.87. The first-order valence-electron chi connectivity index (χ1n) is 6.45. The van der Waals surface area contributed by atoms with Crippen LogP contribution in [0.15, 0.2) is 30.3 Å². The number of halogens is 4. The third-order valence-corrected chi connectivity index (χ3v) is 4.08. The van der Waals surface area contributed by atoms with Crippen LogP contribution in [0.25, 0.3) is 0 Å². The Morgan fingerprint density at radius 2 is 1.78 bits per heavy atom. The van der Waals surface area contributed by atoms with Gasteiger partial charge in [0.25, 0.3) is 5.91 Å². The van der Waals surface area contributed by atoms with Crippen molar-refractivity contribution in [1.82, 2.24) is 0 Å². The molecule has 0 saturated carbocycles. The smallest absolute Gasteiger partial charge is 0.265 e. The summed E-state index contributed by atoms with van der Waals surface area (Å²) in [7, 11) is 0. The second kappa shape index (κ2) is 7.49. The van der Waals surface area contributed by atoms with Gasteiger partial charge in [-0.2, -0.15) is 0 Å². The van der Waals surface area contributed by atoms with Crippen molar-refractivity contribution in [2.45, 2.75) is 13.0 Å². The van der Waals surface area contributed by atoms with Crippen molar-refractivity contribution < 1.29 is 9.53 Å². The fourth-order valence-electron chi connectivity index (χ4n) is 1.71. The van der Waals surface area contributed by atoms with E-state index in [2.05, 4.69) is 5.32 Å². The number of nitrogens with one attached hydrogen (secondary N) is 1. The van der Waals surface area contributed by atoms with Crippen LogP contribution in [0.4, 0.5) is 11.4 Å². The van der Waals surface area contributed by atoms with Crippen LogP contribution in [-0.2, 0) is 4.79 Å². The lowest BCUT2D eigenvalue weighted by Crippen LogP contribution is -2.30. The van der Waals surface area contributed by atoms with E-state index < -0.39 is 12.0 Å². The van der Waals surface area contributed by atoms with Crippen molar-refractivity contribution in [3.63, 3.8) is 0 Å². The highest BCUT2D eigenvalue weighted by atomic mass is 35.5. The molecule has 3 N–H and O–H groups in total. The van der Waals surface area contributed by atoms with Crippen LogP contribution in [0.2, 0.25) is 20.1 Å². The normalized spacial score (nSPS) is 11.9. The third-order valence-electron chi connectivity index (χ3n) is 2.91. The first-order chi connectivity index (χ1) is 10.8. The molecule has 0 fully saturated rings. The number of amides is 1. The maximum atomic E-state index is 12.2. The highest BCUT2D eigenvalue weighted by Crippen LogP contribution is 2.31. The van der Waals surface area contributed by atoms with Crippen LogP contribution in [0.5, 0.6) is 5.75 Å². The largest absolute Gasteiger partial charge is 0.479 e. The lowest BCUT2D eigenvalue weighted by atomic mass is 10.2. The van der Waals surface area contributed by atoms with E-state index in [0.717, 1.165) is 0 Å². The summed E-state index contributed by atoms with van der Waals surface area (Å²) >= 11 is 23.8. The van der Waals surface area contributed by atoms with Gasteiger partial charge in [0, 0.05) is 5.02 Å². The number of anilines is 2. The number of nitrogen functional groups attached to an aromatic ring is 1.